The van der Waals surface area contributed by atoms with E-state index in [9.17, 15) is 65.0 Å². The number of rotatable bonds is 16. The van der Waals surface area contributed by atoms with Gasteiger partial charge in [0.2, 0.25) is 17.4 Å². The van der Waals surface area contributed by atoms with Crippen molar-refractivity contribution in [2.75, 3.05) is 37.7 Å². The van der Waals surface area contributed by atoms with Gasteiger partial charge in [0.05, 0.1) is 18.8 Å². The van der Waals surface area contributed by atoms with Crippen molar-refractivity contribution in [1.29, 1.82) is 0 Å². The van der Waals surface area contributed by atoms with Gasteiger partial charge in [-0.15, -0.1) is 0 Å². The monoisotopic (exact) mass is 814 g/mol. The molecule has 0 unspecified atom stereocenters. The number of ether oxygens (including phenoxy) is 3. The summed E-state index contributed by atoms with van der Waals surface area (Å²) >= 11 is 0. The molecule has 1 aromatic rings. The van der Waals surface area contributed by atoms with Gasteiger partial charge in [0.15, 0.2) is 0 Å². The Labute approximate surface area is 316 Å². The number of fused-ring (bicyclic) bond motifs is 1. The number of nitrogens with one attached hydrogen (secondary N) is 5. The predicted octanol–water partition coefficient (Wildman–Crippen LogP) is 0.958. The molecule has 314 valence electrons. The SMILES string of the molecule is CC(=O)N[C@@H](CCC(=O)OC(C)(C)C)C(=O)NCCNC(=O)OCCN1C(=O)[C@@H](NC(=O)[C@@](C)(O)C(=O)NCC(F)(F)C(F)(F)F)[C@@H](C)Oc2ccc(F)cc21. The molecular weight excluding hydrogens is 770 g/mol. The number of benzene rings is 1. The molecule has 6 N–H and O–H groups in total. The van der Waals surface area contributed by atoms with Gasteiger partial charge in [-0.1, -0.05) is 0 Å². The van der Waals surface area contributed by atoms with Crippen LogP contribution in [0.5, 0.6) is 5.75 Å². The van der Waals surface area contributed by atoms with E-state index in [1.807, 2.05) is 5.32 Å². The average molecular weight is 815 g/mol. The molecule has 0 aliphatic carbocycles. The first kappa shape index (κ1) is 46.8. The summed E-state index contributed by atoms with van der Waals surface area (Å²) < 4.78 is 94.4. The van der Waals surface area contributed by atoms with Crippen LogP contribution in [0.4, 0.5) is 36.8 Å². The third-order valence-corrected chi connectivity index (χ3v) is 7.58. The largest absolute Gasteiger partial charge is 0.486 e. The molecule has 4 atom stereocenters. The highest BCUT2D eigenvalue weighted by molar-refractivity contribution is 6.10. The highest BCUT2D eigenvalue weighted by Gasteiger charge is 2.58. The number of nitrogens with zero attached hydrogens (tertiary/aromatic N) is 1. The van der Waals surface area contributed by atoms with E-state index in [1.165, 1.54) is 13.8 Å². The molecule has 0 saturated heterocycles. The lowest BCUT2D eigenvalue weighted by Gasteiger charge is -2.29. The van der Waals surface area contributed by atoms with E-state index >= 15 is 0 Å². The number of aliphatic hydroxyl groups is 1. The Bertz CT molecular complexity index is 1640. The Morgan fingerprint density at radius 1 is 0.964 bits per heavy atom. The first-order valence-corrected chi connectivity index (χ1v) is 16.9. The Balaban J connectivity index is 2.04. The summed E-state index contributed by atoms with van der Waals surface area (Å²) in [5, 5.41) is 20.8. The maximum Gasteiger partial charge on any atom is 0.455 e. The maximum atomic E-state index is 14.3. The molecule has 1 heterocycles. The van der Waals surface area contributed by atoms with Crippen LogP contribution < -0.4 is 36.2 Å². The number of alkyl carbamates (subject to hydrolysis) is 1. The van der Waals surface area contributed by atoms with Crippen LogP contribution in [0, 0.1) is 5.82 Å². The van der Waals surface area contributed by atoms with Crippen molar-refractivity contribution in [3.8, 4) is 5.75 Å². The molecule has 1 aliphatic heterocycles. The maximum absolute atomic E-state index is 14.3. The molecule has 0 fully saturated rings. The number of carbonyl (C=O) groups is 7. The van der Waals surface area contributed by atoms with E-state index < -0.39 is 109 Å². The van der Waals surface area contributed by atoms with Crippen LogP contribution in [-0.4, -0.2) is 121 Å². The molecule has 1 aromatic carbocycles. The number of hydrogen-bond acceptors (Lipinski definition) is 11. The normalized spacial score (nSPS) is 17.4. The number of esters is 1. The lowest BCUT2D eigenvalue weighted by molar-refractivity contribution is -0.278. The first-order valence-electron chi connectivity index (χ1n) is 16.9. The van der Waals surface area contributed by atoms with E-state index in [0.717, 1.165) is 28.4 Å². The topological polar surface area (TPSA) is 231 Å². The van der Waals surface area contributed by atoms with Gasteiger partial charge in [0, 0.05) is 32.5 Å². The molecule has 23 heteroatoms. The summed E-state index contributed by atoms with van der Waals surface area (Å²) in [4.78, 5) is 88.4. The van der Waals surface area contributed by atoms with E-state index in [-0.39, 0.29) is 37.4 Å². The fourth-order valence-corrected chi connectivity index (χ4v) is 4.74. The number of halogens is 6. The zero-order valence-electron chi connectivity index (χ0n) is 31.2. The Kier molecular flexibility index (Phi) is 15.9. The van der Waals surface area contributed by atoms with Gasteiger partial charge in [-0.05, 0) is 53.2 Å². The molecule has 0 radical (unpaired) electrons. The number of hydrogen-bond donors (Lipinski definition) is 6. The van der Waals surface area contributed by atoms with Crippen LogP contribution in [0.2, 0.25) is 0 Å². The molecule has 1 aliphatic rings. The smallest absolute Gasteiger partial charge is 0.455 e. The number of amides is 6. The van der Waals surface area contributed by atoms with E-state index in [4.69, 9.17) is 14.2 Å². The molecule has 0 spiro atoms. The lowest BCUT2D eigenvalue weighted by Crippen LogP contribution is -2.63. The Hall–Kier alpha value is -5.35. The van der Waals surface area contributed by atoms with Gasteiger partial charge in [-0.25, -0.2) is 9.18 Å². The Morgan fingerprint density at radius 2 is 1.59 bits per heavy atom. The minimum Gasteiger partial charge on any atom is -0.486 e. The second kappa shape index (κ2) is 19.0. The van der Waals surface area contributed by atoms with Gasteiger partial charge in [-0.3, -0.25) is 28.8 Å². The summed E-state index contributed by atoms with van der Waals surface area (Å²) in [6, 6.07) is 0.0917. The standard InChI is InChI=1S/C33H44F6N6O11/c1-17-24(44-28(51)31(6,53)27(50)42-16-32(35,36)33(37,38)39)26(49)45(21-15-19(34)7-9-22(21)55-17)13-14-54-29(52)41-12-11-40-25(48)20(43-18(2)46)8-10-23(47)56-30(3,4)5/h7,9,15,17,20,24,53H,8,10-14,16H2,1-6H3,(H,40,48)(H,41,52)(H,42,50)(H,43,46)(H,44,51)/t17-,20+,24+,31+/m1/s1. The molecule has 0 saturated carbocycles. The van der Waals surface area contributed by atoms with Crippen LogP contribution in [0.15, 0.2) is 18.2 Å². The van der Waals surface area contributed by atoms with Crippen molar-refractivity contribution in [3.05, 3.63) is 24.0 Å². The molecular formula is C33H44F6N6O11. The van der Waals surface area contributed by atoms with Crippen LogP contribution in [-0.2, 0) is 38.2 Å². The summed E-state index contributed by atoms with van der Waals surface area (Å²) in [6.45, 7) is 4.15. The first-order chi connectivity index (χ1) is 25.7. The number of alkyl halides is 5. The number of carbonyl (C=O) groups excluding carboxylic acids is 7. The molecule has 2 rings (SSSR count). The van der Waals surface area contributed by atoms with Gasteiger partial charge in [-0.2, -0.15) is 22.0 Å². The van der Waals surface area contributed by atoms with E-state index in [0.29, 0.717) is 6.92 Å². The average Bonchev–Trinajstić information content (AvgIpc) is 3.15. The van der Waals surface area contributed by atoms with Crippen LogP contribution >= 0.6 is 0 Å². The number of anilines is 1. The third-order valence-electron chi connectivity index (χ3n) is 7.58. The van der Waals surface area contributed by atoms with Gasteiger partial charge in [0.1, 0.15) is 42.0 Å². The quantitative estimate of drug-likeness (QED) is 0.0596. The predicted molar refractivity (Wildman–Crippen MR) is 180 cm³/mol. The molecule has 0 bridgehead atoms. The highest BCUT2D eigenvalue weighted by Crippen LogP contribution is 2.35. The van der Waals surface area contributed by atoms with E-state index in [2.05, 4.69) is 16.0 Å². The van der Waals surface area contributed by atoms with Crippen molar-refractivity contribution >= 4 is 47.3 Å². The fourth-order valence-electron chi connectivity index (χ4n) is 4.74. The van der Waals surface area contributed by atoms with Crippen LogP contribution in [0.25, 0.3) is 0 Å². The van der Waals surface area contributed by atoms with Crippen molar-refractivity contribution in [2.45, 2.75) is 95.9 Å². The third kappa shape index (κ3) is 13.7. The zero-order valence-corrected chi connectivity index (χ0v) is 31.2. The van der Waals surface area contributed by atoms with Gasteiger partial charge < -0.3 is 50.8 Å². The second-order valence-electron chi connectivity index (χ2n) is 13.6. The van der Waals surface area contributed by atoms with Gasteiger partial charge in [0.25, 0.3) is 17.7 Å². The molecule has 6 amide bonds. The summed E-state index contributed by atoms with van der Waals surface area (Å²) in [5.41, 5.74) is -4.25. The van der Waals surface area contributed by atoms with Crippen molar-refractivity contribution in [2.24, 2.45) is 0 Å². The summed E-state index contributed by atoms with van der Waals surface area (Å²) in [6.07, 6.45) is -8.67. The van der Waals surface area contributed by atoms with Crippen molar-refractivity contribution < 1.29 is 79.2 Å². The molecule has 17 nitrogen and oxygen atoms in total. The minimum absolute atomic E-state index is 0.0755. The van der Waals surface area contributed by atoms with Crippen LogP contribution in [0.3, 0.4) is 0 Å². The summed E-state index contributed by atoms with van der Waals surface area (Å²) in [5.74, 6) is -12.9. The van der Waals surface area contributed by atoms with E-state index in [1.54, 1.807) is 20.8 Å². The second-order valence-corrected chi connectivity index (χ2v) is 13.6. The minimum atomic E-state index is -6.06. The summed E-state index contributed by atoms with van der Waals surface area (Å²) in [7, 11) is 0. The lowest BCUT2D eigenvalue weighted by atomic mass is 10.0. The Morgan fingerprint density at radius 3 is 2.18 bits per heavy atom. The molecule has 0 aromatic heterocycles. The van der Waals surface area contributed by atoms with Crippen LogP contribution in [0.1, 0.15) is 54.4 Å². The fraction of sp³-hybridized carbons (Fsp3) is 0.606. The zero-order chi connectivity index (χ0) is 42.8. The molecule has 56 heavy (non-hydrogen) atoms. The van der Waals surface area contributed by atoms with Crippen molar-refractivity contribution in [1.82, 2.24) is 26.6 Å². The highest BCUT2D eigenvalue weighted by atomic mass is 19.4. The van der Waals surface area contributed by atoms with Crippen molar-refractivity contribution in [3.63, 3.8) is 0 Å². The van der Waals surface area contributed by atoms with Gasteiger partial charge >= 0.3 is 24.2 Å².